The van der Waals surface area contributed by atoms with E-state index in [4.69, 9.17) is 4.74 Å². The number of rotatable bonds is 5. The molecule has 0 aromatic heterocycles. The average molecular weight is 372 g/mol. The van der Waals surface area contributed by atoms with Crippen LogP contribution in [0, 0.1) is 0 Å². The fraction of sp³-hybridized carbons (Fsp3) is 0.250. The minimum Gasteiger partial charge on any atom is -0.478 e. The summed E-state index contributed by atoms with van der Waals surface area (Å²) in [5.41, 5.74) is 1.65. The van der Waals surface area contributed by atoms with E-state index in [-0.39, 0.29) is 22.6 Å². The number of sulfone groups is 1. The Morgan fingerprint density at radius 3 is 2.46 bits per heavy atom. The van der Waals surface area contributed by atoms with E-state index < -0.39 is 15.8 Å². The molecule has 0 bridgehead atoms. The van der Waals surface area contributed by atoms with Crippen molar-refractivity contribution in [1.29, 1.82) is 0 Å². The summed E-state index contributed by atoms with van der Waals surface area (Å²) in [6.45, 7) is 2.12. The van der Waals surface area contributed by atoms with Crippen LogP contribution in [0.4, 0.5) is 0 Å². The predicted octanol–water partition coefficient (Wildman–Crippen LogP) is 4.08. The van der Waals surface area contributed by atoms with E-state index in [1.54, 1.807) is 12.1 Å². The molecule has 0 unspecified atom stereocenters. The molecule has 0 atom stereocenters. The second-order valence-corrected chi connectivity index (χ2v) is 8.32. The zero-order valence-corrected chi connectivity index (χ0v) is 15.3. The molecule has 1 aliphatic heterocycles. The van der Waals surface area contributed by atoms with E-state index in [9.17, 15) is 18.3 Å². The topological polar surface area (TPSA) is 80.7 Å². The van der Waals surface area contributed by atoms with Crippen LogP contribution in [-0.2, 0) is 21.1 Å². The summed E-state index contributed by atoms with van der Waals surface area (Å²) in [4.78, 5) is 11.4. The molecule has 1 N–H and O–H groups in total. The SMILES string of the molecule is CCCc1ccc(Oc2ccc3c(c2)C=C(C(=O)O)CCS3(=O)=O)cc1. The number of benzene rings is 2. The van der Waals surface area contributed by atoms with Crippen LogP contribution in [0.25, 0.3) is 6.08 Å². The van der Waals surface area contributed by atoms with E-state index in [1.807, 2.05) is 24.3 Å². The smallest absolute Gasteiger partial charge is 0.331 e. The summed E-state index contributed by atoms with van der Waals surface area (Å²) in [7, 11) is -3.52. The molecule has 0 amide bonds. The molecule has 1 aliphatic rings. The quantitative estimate of drug-likeness (QED) is 0.855. The van der Waals surface area contributed by atoms with Crippen LogP contribution >= 0.6 is 0 Å². The Balaban J connectivity index is 1.93. The van der Waals surface area contributed by atoms with Crippen molar-refractivity contribution in [3.63, 3.8) is 0 Å². The Morgan fingerprint density at radius 2 is 1.81 bits per heavy atom. The lowest BCUT2D eigenvalue weighted by molar-refractivity contribution is -0.132. The fourth-order valence-corrected chi connectivity index (χ4v) is 4.38. The van der Waals surface area contributed by atoms with Crippen LogP contribution in [-0.4, -0.2) is 25.2 Å². The molecule has 0 aliphatic carbocycles. The summed E-state index contributed by atoms with van der Waals surface area (Å²) < 4.78 is 30.5. The first kappa shape index (κ1) is 18.2. The monoisotopic (exact) mass is 372 g/mol. The van der Waals surface area contributed by atoms with Crippen LogP contribution in [0.3, 0.4) is 0 Å². The summed E-state index contributed by atoms with van der Waals surface area (Å²) in [5.74, 6) is -0.211. The first-order valence-corrected chi connectivity index (χ1v) is 10.1. The highest BCUT2D eigenvalue weighted by molar-refractivity contribution is 7.91. The van der Waals surface area contributed by atoms with Crippen molar-refractivity contribution in [3.05, 3.63) is 59.2 Å². The summed E-state index contributed by atoms with van der Waals surface area (Å²) in [6, 6.07) is 12.4. The van der Waals surface area contributed by atoms with E-state index in [0.717, 1.165) is 12.8 Å². The number of hydrogen-bond acceptors (Lipinski definition) is 4. The van der Waals surface area contributed by atoms with Gasteiger partial charge in [0.15, 0.2) is 9.84 Å². The average Bonchev–Trinajstić information content (AvgIpc) is 2.73. The number of carbonyl (C=O) groups is 1. The van der Waals surface area contributed by atoms with Gasteiger partial charge in [0.1, 0.15) is 11.5 Å². The zero-order chi connectivity index (χ0) is 18.7. The van der Waals surface area contributed by atoms with Crippen molar-refractivity contribution in [3.8, 4) is 11.5 Å². The van der Waals surface area contributed by atoms with Gasteiger partial charge in [0.25, 0.3) is 0 Å². The first-order chi connectivity index (χ1) is 12.4. The molecule has 1 heterocycles. The van der Waals surface area contributed by atoms with Gasteiger partial charge in [-0.1, -0.05) is 25.5 Å². The van der Waals surface area contributed by atoms with E-state index in [2.05, 4.69) is 6.92 Å². The van der Waals surface area contributed by atoms with Gasteiger partial charge in [-0.25, -0.2) is 13.2 Å². The lowest BCUT2D eigenvalue weighted by atomic mass is 10.1. The fourth-order valence-electron chi connectivity index (χ4n) is 2.92. The number of fused-ring (bicyclic) bond motifs is 1. The molecule has 0 spiro atoms. The van der Waals surface area contributed by atoms with Gasteiger partial charge in [0.2, 0.25) is 0 Å². The van der Waals surface area contributed by atoms with Gasteiger partial charge in [0, 0.05) is 5.57 Å². The Hall–Kier alpha value is -2.60. The van der Waals surface area contributed by atoms with E-state index >= 15 is 0 Å². The number of carboxylic acid groups (broad SMARTS) is 1. The largest absolute Gasteiger partial charge is 0.478 e. The molecule has 0 fully saturated rings. The Bertz CT molecular complexity index is 956. The van der Waals surface area contributed by atoms with Gasteiger partial charge in [-0.3, -0.25) is 0 Å². The van der Waals surface area contributed by atoms with Gasteiger partial charge in [-0.2, -0.15) is 0 Å². The van der Waals surface area contributed by atoms with E-state index in [0.29, 0.717) is 17.1 Å². The highest BCUT2D eigenvalue weighted by atomic mass is 32.2. The minimum atomic E-state index is -3.52. The maximum Gasteiger partial charge on any atom is 0.331 e. The number of carboxylic acids is 1. The minimum absolute atomic E-state index is 0.0125. The maximum atomic E-state index is 12.4. The molecular weight excluding hydrogens is 352 g/mol. The van der Waals surface area contributed by atoms with Crippen molar-refractivity contribution in [2.45, 2.75) is 31.1 Å². The van der Waals surface area contributed by atoms with Crippen LogP contribution in [0.5, 0.6) is 11.5 Å². The predicted molar refractivity (Wildman–Crippen MR) is 99.2 cm³/mol. The Kier molecular flexibility index (Phi) is 5.13. The zero-order valence-electron chi connectivity index (χ0n) is 14.4. The molecule has 0 radical (unpaired) electrons. The van der Waals surface area contributed by atoms with Crippen molar-refractivity contribution in [2.24, 2.45) is 0 Å². The molecule has 0 saturated heterocycles. The normalized spacial score (nSPS) is 15.5. The van der Waals surface area contributed by atoms with Gasteiger partial charge >= 0.3 is 5.97 Å². The van der Waals surface area contributed by atoms with Gasteiger partial charge in [0.05, 0.1) is 10.6 Å². The summed E-state index contributed by atoms with van der Waals surface area (Å²) >= 11 is 0. The highest BCUT2D eigenvalue weighted by Gasteiger charge is 2.24. The molecule has 5 nitrogen and oxygen atoms in total. The van der Waals surface area contributed by atoms with Crippen molar-refractivity contribution < 1.29 is 23.1 Å². The molecular formula is C20H20O5S. The van der Waals surface area contributed by atoms with Crippen molar-refractivity contribution in [2.75, 3.05) is 5.75 Å². The molecule has 6 heteroatoms. The highest BCUT2D eigenvalue weighted by Crippen LogP contribution is 2.31. The molecule has 0 saturated carbocycles. The van der Waals surface area contributed by atoms with Crippen molar-refractivity contribution in [1.82, 2.24) is 0 Å². The number of aryl methyl sites for hydroxylation is 1. The summed E-state index contributed by atoms with van der Waals surface area (Å²) in [6.07, 6.45) is 3.47. The molecule has 136 valence electrons. The maximum absolute atomic E-state index is 12.4. The van der Waals surface area contributed by atoms with Gasteiger partial charge < -0.3 is 9.84 Å². The van der Waals surface area contributed by atoms with Crippen LogP contribution in [0.15, 0.2) is 52.9 Å². The van der Waals surface area contributed by atoms with E-state index in [1.165, 1.54) is 17.7 Å². The van der Waals surface area contributed by atoms with Crippen LogP contribution in [0.1, 0.15) is 30.9 Å². The Morgan fingerprint density at radius 1 is 1.12 bits per heavy atom. The molecule has 2 aromatic carbocycles. The van der Waals surface area contributed by atoms with Crippen molar-refractivity contribution >= 4 is 21.9 Å². The first-order valence-electron chi connectivity index (χ1n) is 8.46. The molecule has 3 rings (SSSR count). The van der Waals surface area contributed by atoms with Gasteiger partial charge in [-0.15, -0.1) is 0 Å². The second-order valence-electron chi connectivity index (χ2n) is 6.24. The standard InChI is InChI=1S/C20H20O5S/c1-2-3-14-4-6-17(7-5-14)25-18-8-9-19-16(13-18)12-15(20(21)22)10-11-26(19,23)24/h4-9,12-13H,2-3,10-11H2,1H3,(H,21,22). The second kappa shape index (κ2) is 7.33. The third kappa shape index (κ3) is 3.96. The lowest BCUT2D eigenvalue weighted by Crippen LogP contribution is -2.08. The summed E-state index contributed by atoms with van der Waals surface area (Å²) in [5, 5.41) is 9.24. The van der Waals surface area contributed by atoms with Gasteiger partial charge in [-0.05, 0) is 60.4 Å². The molecule has 2 aromatic rings. The molecule has 26 heavy (non-hydrogen) atoms. The number of hydrogen-bond donors (Lipinski definition) is 1. The third-order valence-corrected chi connectivity index (χ3v) is 6.04. The number of aliphatic carboxylic acids is 1. The van der Waals surface area contributed by atoms with Crippen LogP contribution < -0.4 is 4.74 Å². The third-order valence-electron chi connectivity index (χ3n) is 4.26. The van der Waals surface area contributed by atoms with Crippen LogP contribution in [0.2, 0.25) is 0 Å². The Labute approximate surface area is 152 Å². The lowest BCUT2D eigenvalue weighted by Gasteiger charge is -2.10. The number of ether oxygens (including phenoxy) is 1.